The van der Waals surface area contributed by atoms with Gasteiger partial charge in [0.15, 0.2) is 0 Å². The van der Waals surface area contributed by atoms with Crippen molar-refractivity contribution in [2.45, 2.75) is 49.4 Å². The molecule has 6 heteroatoms. The van der Waals surface area contributed by atoms with Crippen LogP contribution in [0.4, 0.5) is 0 Å². The largest absolute Gasteiger partial charge is 0.465 e. The van der Waals surface area contributed by atoms with E-state index < -0.39 is 5.54 Å². The Labute approximate surface area is 122 Å². The lowest BCUT2D eigenvalue weighted by Gasteiger charge is -2.32. The lowest BCUT2D eigenvalue weighted by atomic mass is 9.95. The first-order valence-corrected chi connectivity index (χ1v) is 8.20. The summed E-state index contributed by atoms with van der Waals surface area (Å²) in [4.78, 5) is 16.6. The molecule has 0 bridgehead atoms. The van der Waals surface area contributed by atoms with Gasteiger partial charge < -0.3 is 9.15 Å². The molecule has 0 radical (unpaired) electrons. The van der Waals surface area contributed by atoms with Crippen molar-refractivity contribution >= 4 is 17.7 Å². The molecule has 0 saturated heterocycles. The zero-order valence-corrected chi connectivity index (χ0v) is 12.4. The van der Waals surface area contributed by atoms with Gasteiger partial charge in [0.2, 0.25) is 0 Å². The van der Waals surface area contributed by atoms with Crippen LogP contribution < -0.4 is 5.32 Å². The van der Waals surface area contributed by atoms with Gasteiger partial charge in [0.25, 0.3) is 5.22 Å². The Bertz CT molecular complexity index is 457. The van der Waals surface area contributed by atoms with E-state index in [9.17, 15) is 4.79 Å². The Hall–Kier alpha value is -1.01. The Morgan fingerprint density at radius 2 is 2.35 bits per heavy atom. The molecule has 0 spiro atoms. The molecule has 1 unspecified atom stereocenters. The number of nitrogens with one attached hydrogen (secondary N) is 1. The van der Waals surface area contributed by atoms with E-state index in [1.54, 1.807) is 12.5 Å². The fourth-order valence-corrected chi connectivity index (χ4v) is 3.49. The third-order valence-electron chi connectivity index (χ3n) is 3.79. The number of ether oxygens (including phenoxy) is 1. The number of hydrogen-bond acceptors (Lipinski definition) is 6. The Morgan fingerprint density at radius 3 is 2.90 bits per heavy atom. The van der Waals surface area contributed by atoms with Gasteiger partial charge in [0, 0.05) is 11.8 Å². The zero-order valence-electron chi connectivity index (χ0n) is 11.6. The van der Waals surface area contributed by atoms with Gasteiger partial charge in [-0.1, -0.05) is 11.8 Å². The summed E-state index contributed by atoms with van der Waals surface area (Å²) in [5.41, 5.74) is -0.573. The van der Waals surface area contributed by atoms with Gasteiger partial charge in [0.1, 0.15) is 11.8 Å². The van der Waals surface area contributed by atoms with Crippen LogP contribution in [0.3, 0.4) is 0 Å². The molecule has 1 aromatic heterocycles. The van der Waals surface area contributed by atoms with Gasteiger partial charge >= 0.3 is 5.97 Å². The predicted octanol–water partition coefficient (Wildman–Crippen LogP) is 2.23. The highest BCUT2D eigenvalue weighted by Gasteiger charge is 2.54. The Kier molecular flexibility index (Phi) is 4.03. The van der Waals surface area contributed by atoms with Gasteiger partial charge in [-0.2, -0.15) is 0 Å². The average molecular weight is 296 g/mol. The van der Waals surface area contributed by atoms with Crippen molar-refractivity contribution in [2.75, 3.05) is 12.4 Å². The quantitative estimate of drug-likeness (QED) is 0.586. The number of carbonyl (C=O) groups excluding carboxylic acids is 1. The minimum Gasteiger partial charge on any atom is -0.465 e. The number of oxazole rings is 1. The topological polar surface area (TPSA) is 64.4 Å². The van der Waals surface area contributed by atoms with Gasteiger partial charge in [-0.25, -0.2) is 4.98 Å². The molecule has 110 valence electrons. The predicted molar refractivity (Wildman–Crippen MR) is 75.5 cm³/mol. The van der Waals surface area contributed by atoms with Crippen LogP contribution in [0.1, 0.15) is 32.6 Å². The molecule has 2 saturated carbocycles. The van der Waals surface area contributed by atoms with E-state index in [0.29, 0.717) is 29.5 Å². The number of thioether (sulfide) groups is 1. The fraction of sp³-hybridized carbons (Fsp3) is 0.714. The van der Waals surface area contributed by atoms with Crippen LogP contribution in [0.2, 0.25) is 0 Å². The lowest BCUT2D eigenvalue weighted by molar-refractivity contribution is -0.151. The first-order valence-electron chi connectivity index (χ1n) is 7.22. The molecule has 20 heavy (non-hydrogen) atoms. The van der Waals surface area contributed by atoms with Crippen molar-refractivity contribution < 1.29 is 13.9 Å². The monoisotopic (exact) mass is 296 g/mol. The van der Waals surface area contributed by atoms with Crippen molar-refractivity contribution in [3.8, 4) is 0 Å². The van der Waals surface area contributed by atoms with Crippen molar-refractivity contribution in [1.82, 2.24) is 10.3 Å². The van der Waals surface area contributed by atoms with Crippen molar-refractivity contribution in [3.05, 3.63) is 12.5 Å². The molecule has 0 aromatic carbocycles. The van der Waals surface area contributed by atoms with Crippen molar-refractivity contribution in [2.24, 2.45) is 5.92 Å². The van der Waals surface area contributed by atoms with E-state index in [1.165, 1.54) is 11.8 Å². The van der Waals surface area contributed by atoms with Crippen LogP contribution in [0.25, 0.3) is 0 Å². The minimum atomic E-state index is -0.573. The molecule has 2 aliphatic carbocycles. The number of nitrogens with zero attached hydrogens (tertiary/aromatic N) is 1. The summed E-state index contributed by atoms with van der Waals surface area (Å²) in [7, 11) is 0. The number of carbonyl (C=O) groups is 1. The number of rotatable bonds is 8. The minimum absolute atomic E-state index is 0.117. The summed E-state index contributed by atoms with van der Waals surface area (Å²) in [6, 6.07) is 0.463. The standard InChI is InChI=1S/C14H20N2O3S/c1-2-18-12(17)14(10-3-4-10,16-11-5-6-11)9-20-13-15-7-8-19-13/h7-8,10-11,16H,2-6,9H2,1H3. The summed E-state index contributed by atoms with van der Waals surface area (Å²) < 4.78 is 10.6. The molecular weight excluding hydrogens is 276 g/mol. The SMILES string of the molecule is CCOC(=O)C(CSc1ncco1)(NC1CC1)C1CC1. The Balaban J connectivity index is 1.74. The van der Waals surface area contributed by atoms with E-state index >= 15 is 0 Å². The first-order chi connectivity index (χ1) is 9.74. The summed E-state index contributed by atoms with van der Waals surface area (Å²) in [6.45, 7) is 2.28. The third kappa shape index (κ3) is 3.01. The van der Waals surface area contributed by atoms with Crippen molar-refractivity contribution in [3.63, 3.8) is 0 Å². The summed E-state index contributed by atoms with van der Waals surface area (Å²) in [5.74, 6) is 0.881. The van der Waals surface area contributed by atoms with Gasteiger partial charge in [-0.15, -0.1) is 0 Å². The molecule has 0 amide bonds. The molecular formula is C14H20N2O3S. The molecule has 1 aromatic rings. The second kappa shape index (κ2) is 5.77. The molecule has 0 aliphatic heterocycles. The van der Waals surface area contributed by atoms with Gasteiger partial charge in [0.05, 0.1) is 12.8 Å². The van der Waals surface area contributed by atoms with E-state index in [2.05, 4.69) is 10.3 Å². The van der Waals surface area contributed by atoms with Crippen LogP contribution in [-0.2, 0) is 9.53 Å². The fourth-order valence-electron chi connectivity index (χ4n) is 2.45. The zero-order chi connectivity index (χ0) is 14.0. The van der Waals surface area contributed by atoms with E-state index in [0.717, 1.165) is 25.7 Å². The molecule has 2 fully saturated rings. The molecule has 2 aliphatic rings. The highest BCUT2D eigenvalue weighted by atomic mass is 32.2. The average Bonchev–Trinajstić information content (AvgIpc) is 3.35. The highest BCUT2D eigenvalue weighted by Crippen LogP contribution is 2.44. The summed E-state index contributed by atoms with van der Waals surface area (Å²) >= 11 is 1.49. The maximum Gasteiger partial charge on any atom is 0.327 e. The second-order valence-corrected chi connectivity index (χ2v) is 6.40. The summed E-state index contributed by atoms with van der Waals surface area (Å²) in [5, 5.41) is 4.16. The number of aromatic nitrogens is 1. The molecule has 5 nitrogen and oxygen atoms in total. The summed E-state index contributed by atoms with van der Waals surface area (Å²) in [6.07, 6.45) is 7.66. The number of hydrogen-bond donors (Lipinski definition) is 1. The highest BCUT2D eigenvalue weighted by molar-refractivity contribution is 7.99. The maximum atomic E-state index is 12.5. The maximum absolute atomic E-state index is 12.5. The molecule has 1 N–H and O–H groups in total. The molecule has 1 atom stereocenters. The van der Waals surface area contributed by atoms with E-state index in [-0.39, 0.29) is 5.97 Å². The van der Waals surface area contributed by atoms with Crippen LogP contribution in [0, 0.1) is 5.92 Å². The lowest BCUT2D eigenvalue weighted by Crippen LogP contribution is -2.58. The van der Waals surface area contributed by atoms with Crippen LogP contribution in [0.5, 0.6) is 0 Å². The molecule has 3 rings (SSSR count). The third-order valence-corrected chi connectivity index (χ3v) is 4.83. The van der Waals surface area contributed by atoms with Crippen LogP contribution in [-0.4, -0.2) is 34.9 Å². The smallest absolute Gasteiger partial charge is 0.327 e. The van der Waals surface area contributed by atoms with Crippen molar-refractivity contribution in [1.29, 1.82) is 0 Å². The normalized spacial score (nSPS) is 21.4. The van der Waals surface area contributed by atoms with E-state index in [4.69, 9.17) is 9.15 Å². The molecule has 1 heterocycles. The van der Waals surface area contributed by atoms with Crippen LogP contribution >= 0.6 is 11.8 Å². The Morgan fingerprint density at radius 1 is 1.55 bits per heavy atom. The second-order valence-electron chi connectivity index (χ2n) is 5.47. The number of esters is 1. The van der Waals surface area contributed by atoms with E-state index in [1.807, 2.05) is 6.92 Å². The van der Waals surface area contributed by atoms with Gasteiger partial charge in [-0.3, -0.25) is 10.1 Å². The van der Waals surface area contributed by atoms with Gasteiger partial charge in [-0.05, 0) is 38.5 Å². The first kappa shape index (κ1) is 13.9. The van der Waals surface area contributed by atoms with Crippen LogP contribution in [0.15, 0.2) is 22.1 Å².